The van der Waals surface area contributed by atoms with Gasteiger partial charge < -0.3 is 9.64 Å². The molecule has 2 rings (SSSR count). The number of methoxy groups -OCH3 is 1. The first-order chi connectivity index (χ1) is 12.7. The maximum atomic E-state index is 5.30. The van der Waals surface area contributed by atoms with Gasteiger partial charge in [0.25, 0.3) is 0 Å². The Hall–Kier alpha value is -1.48. The van der Waals surface area contributed by atoms with E-state index in [2.05, 4.69) is 64.2 Å². The summed E-state index contributed by atoms with van der Waals surface area (Å²) in [5.41, 5.74) is 2.59. The van der Waals surface area contributed by atoms with Crippen LogP contribution in [0.1, 0.15) is 57.4 Å². The van der Waals surface area contributed by atoms with Crippen molar-refractivity contribution in [3.05, 3.63) is 58.6 Å². The predicted molar refractivity (Wildman–Crippen MR) is 116 cm³/mol. The first kappa shape index (κ1) is 20.8. The summed E-state index contributed by atoms with van der Waals surface area (Å²) in [6.07, 6.45) is 9.37. The van der Waals surface area contributed by atoms with Gasteiger partial charge in [-0.15, -0.1) is 0 Å². The van der Waals surface area contributed by atoms with E-state index in [0.717, 1.165) is 23.3 Å². The van der Waals surface area contributed by atoms with Crippen LogP contribution in [0.15, 0.2) is 53.0 Å². The molecule has 26 heavy (non-hydrogen) atoms. The molecule has 0 unspecified atom stereocenters. The van der Waals surface area contributed by atoms with E-state index in [4.69, 9.17) is 4.74 Å². The summed E-state index contributed by atoms with van der Waals surface area (Å²) in [7, 11) is 1.72. The van der Waals surface area contributed by atoms with E-state index in [1.54, 1.807) is 7.11 Å². The maximum absolute atomic E-state index is 5.30. The average Bonchev–Trinajstić information content (AvgIpc) is 2.66. The number of halogens is 1. The van der Waals surface area contributed by atoms with Crippen molar-refractivity contribution in [2.75, 3.05) is 18.6 Å². The molecule has 0 fully saturated rings. The van der Waals surface area contributed by atoms with Crippen molar-refractivity contribution in [3.63, 3.8) is 0 Å². The fourth-order valence-corrected chi connectivity index (χ4v) is 3.65. The van der Waals surface area contributed by atoms with Gasteiger partial charge in [0.15, 0.2) is 0 Å². The lowest BCUT2D eigenvalue weighted by Gasteiger charge is -2.25. The van der Waals surface area contributed by atoms with Crippen LogP contribution in [0.5, 0.6) is 5.75 Å². The lowest BCUT2D eigenvalue weighted by atomic mass is 10.1. The minimum absolute atomic E-state index is 0.909. The van der Waals surface area contributed by atoms with Gasteiger partial charge in [0.05, 0.1) is 7.11 Å². The Labute approximate surface area is 167 Å². The average molecular weight is 418 g/mol. The second-order valence-corrected chi connectivity index (χ2v) is 7.79. The van der Waals surface area contributed by atoms with Crippen molar-refractivity contribution in [2.24, 2.45) is 0 Å². The standard InChI is InChI=1S/C23H32BrNO/c1-3-4-5-6-7-8-9-17-25(19-20-11-10-12-21(24)18-20)22-13-15-23(26-2)16-14-22/h10-16,18H,3-9,17,19H2,1-2H3. The van der Waals surface area contributed by atoms with E-state index in [-0.39, 0.29) is 0 Å². The molecule has 142 valence electrons. The van der Waals surface area contributed by atoms with Gasteiger partial charge in [0.1, 0.15) is 5.75 Å². The molecule has 0 atom stereocenters. The van der Waals surface area contributed by atoms with Crippen LogP contribution < -0.4 is 9.64 Å². The fourth-order valence-electron chi connectivity index (χ4n) is 3.21. The van der Waals surface area contributed by atoms with Crippen LogP contribution in [-0.4, -0.2) is 13.7 Å². The third kappa shape index (κ3) is 7.41. The summed E-state index contributed by atoms with van der Waals surface area (Å²) >= 11 is 3.59. The molecule has 0 N–H and O–H groups in total. The Bertz CT molecular complexity index is 626. The Morgan fingerprint density at radius 1 is 0.885 bits per heavy atom. The van der Waals surface area contributed by atoms with Crippen molar-refractivity contribution in [2.45, 2.75) is 58.4 Å². The highest BCUT2D eigenvalue weighted by Gasteiger charge is 2.08. The topological polar surface area (TPSA) is 12.5 Å². The molecule has 0 bridgehead atoms. The molecule has 0 aliphatic rings. The number of nitrogens with zero attached hydrogens (tertiary/aromatic N) is 1. The van der Waals surface area contributed by atoms with Crippen molar-refractivity contribution in [1.82, 2.24) is 0 Å². The molecule has 0 spiro atoms. The highest BCUT2D eigenvalue weighted by atomic mass is 79.9. The van der Waals surface area contributed by atoms with Crippen LogP contribution in [0.4, 0.5) is 5.69 Å². The number of unbranched alkanes of at least 4 members (excludes halogenated alkanes) is 6. The highest BCUT2D eigenvalue weighted by Crippen LogP contribution is 2.23. The zero-order valence-electron chi connectivity index (χ0n) is 16.2. The molecule has 0 saturated carbocycles. The number of benzene rings is 2. The number of anilines is 1. The predicted octanol–water partition coefficient (Wildman–Crippen LogP) is 7.21. The van der Waals surface area contributed by atoms with Gasteiger partial charge >= 0.3 is 0 Å². The lowest BCUT2D eigenvalue weighted by Crippen LogP contribution is -2.23. The number of rotatable bonds is 12. The monoisotopic (exact) mass is 417 g/mol. The Morgan fingerprint density at radius 2 is 1.58 bits per heavy atom. The number of hydrogen-bond acceptors (Lipinski definition) is 2. The quantitative estimate of drug-likeness (QED) is 0.338. The van der Waals surface area contributed by atoms with E-state index in [1.165, 1.54) is 56.2 Å². The molecule has 3 heteroatoms. The van der Waals surface area contributed by atoms with E-state index in [1.807, 2.05) is 12.1 Å². The lowest BCUT2D eigenvalue weighted by molar-refractivity contribution is 0.415. The summed E-state index contributed by atoms with van der Waals surface area (Å²) in [4.78, 5) is 2.48. The van der Waals surface area contributed by atoms with Gasteiger partial charge in [-0.05, 0) is 48.4 Å². The molecule has 2 aromatic carbocycles. The highest BCUT2D eigenvalue weighted by molar-refractivity contribution is 9.10. The van der Waals surface area contributed by atoms with E-state index in [0.29, 0.717) is 0 Å². The molecule has 0 aliphatic carbocycles. The third-order valence-corrected chi connectivity index (χ3v) is 5.22. The molecular weight excluding hydrogens is 386 g/mol. The van der Waals surface area contributed by atoms with Gasteiger partial charge in [-0.2, -0.15) is 0 Å². The van der Waals surface area contributed by atoms with Crippen LogP contribution in [-0.2, 0) is 6.54 Å². The molecular formula is C23H32BrNO. The van der Waals surface area contributed by atoms with Gasteiger partial charge in [-0.1, -0.05) is 73.5 Å². The van der Waals surface area contributed by atoms with Crippen molar-refractivity contribution >= 4 is 21.6 Å². The molecule has 2 nitrogen and oxygen atoms in total. The van der Waals surface area contributed by atoms with Crippen LogP contribution in [0, 0.1) is 0 Å². The second kappa shape index (κ2) is 12.0. The van der Waals surface area contributed by atoms with Crippen molar-refractivity contribution < 1.29 is 4.74 Å². The zero-order chi connectivity index (χ0) is 18.6. The first-order valence-corrected chi connectivity index (χ1v) is 10.7. The van der Waals surface area contributed by atoms with E-state index >= 15 is 0 Å². The molecule has 0 saturated heterocycles. The van der Waals surface area contributed by atoms with Crippen LogP contribution >= 0.6 is 15.9 Å². The Kier molecular flexibility index (Phi) is 9.62. The van der Waals surface area contributed by atoms with Gasteiger partial charge in [0.2, 0.25) is 0 Å². The molecule has 2 aromatic rings. The van der Waals surface area contributed by atoms with Crippen molar-refractivity contribution in [3.8, 4) is 5.75 Å². The van der Waals surface area contributed by atoms with E-state index in [9.17, 15) is 0 Å². The minimum Gasteiger partial charge on any atom is -0.497 e. The van der Waals surface area contributed by atoms with E-state index < -0.39 is 0 Å². The molecule has 0 aliphatic heterocycles. The molecule has 0 amide bonds. The minimum atomic E-state index is 0.909. The molecule has 0 heterocycles. The second-order valence-electron chi connectivity index (χ2n) is 6.87. The summed E-state index contributed by atoms with van der Waals surface area (Å²) in [5, 5.41) is 0. The largest absolute Gasteiger partial charge is 0.497 e. The molecule has 0 aromatic heterocycles. The Morgan fingerprint density at radius 3 is 2.23 bits per heavy atom. The smallest absolute Gasteiger partial charge is 0.119 e. The number of ether oxygens (including phenoxy) is 1. The first-order valence-electron chi connectivity index (χ1n) is 9.86. The van der Waals surface area contributed by atoms with Crippen LogP contribution in [0.2, 0.25) is 0 Å². The number of hydrogen-bond donors (Lipinski definition) is 0. The maximum Gasteiger partial charge on any atom is 0.119 e. The zero-order valence-corrected chi connectivity index (χ0v) is 17.8. The van der Waals surface area contributed by atoms with Crippen LogP contribution in [0.3, 0.4) is 0 Å². The van der Waals surface area contributed by atoms with Crippen molar-refractivity contribution in [1.29, 1.82) is 0 Å². The molecule has 0 radical (unpaired) electrons. The Balaban J connectivity index is 1.94. The summed E-state index contributed by atoms with van der Waals surface area (Å²) < 4.78 is 6.44. The SMILES string of the molecule is CCCCCCCCCN(Cc1cccc(Br)c1)c1ccc(OC)cc1. The van der Waals surface area contributed by atoms with Crippen LogP contribution in [0.25, 0.3) is 0 Å². The third-order valence-electron chi connectivity index (χ3n) is 4.73. The normalized spacial score (nSPS) is 10.7. The van der Waals surface area contributed by atoms with Gasteiger partial charge in [0, 0.05) is 23.2 Å². The fraction of sp³-hybridized carbons (Fsp3) is 0.478. The summed E-state index contributed by atoms with van der Waals surface area (Å²) in [6.45, 7) is 4.29. The van der Waals surface area contributed by atoms with Gasteiger partial charge in [-0.25, -0.2) is 0 Å². The van der Waals surface area contributed by atoms with Gasteiger partial charge in [-0.3, -0.25) is 0 Å². The summed E-state index contributed by atoms with van der Waals surface area (Å²) in [6, 6.07) is 17.0. The summed E-state index contributed by atoms with van der Waals surface area (Å²) in [5.74, 6) is 0.909.